The van der Waals surface area contributed by atoms with E-state index in [-0.39, 0.29) is 6.54 Å². The molecule has 7 nitrogen and oxygen atoms in total. The third-order valence-corrected chi connectivity index (χ3v) is 4.62. The number of nitrogens with one attached hydrogen (secondary N) is 1. The second kappa shape index (κ2) is 6.40. The van der Waals surface area contributed by atoms with Gasteiger partial charge in [0.15, 0.2) is 0 Å². The van der Waals surface area contributed by atoms with Crippen LogP contribution in [-0.2, 0) is 21.5 Å². The molecular weight excluding hydrogens is 282 g/mol. The smallest absolute Gasteiger partial charge is 0.279 e. The average Bonchev–Trinajstić information content (AvgIpc) is 2.46. The van der Waals surface area contributed by atoms with Crippen molar-refractivity contribution in [1.82, 2.24) is 9.03 Å². The summed E-state index contributed by atoms with van der Waals surface area (Å²) in [7, 11) is -1.94. The number of nitrogens with two attached hydrogens (primary N) is 1. The van der Waals surface area contributed by atoms with Gasteiger partial charge in [-0.3, -0.25) is 0 Å². The Labute approximate surface area is 118 Å². The van der Waals surface area contributed by atoms with Crippen LogP contribution in [0.15, 0.2) is 18.2 Å². The number of benzene rings is 1. The molecule has 0 spiro atoms. The summed E-state index contributed by atoms with van der Waals surface area (Å²) in [6.45, 7) is 1.79. The average molecular weight is 301 g/mol. The van der Waals surface area contributed by atoms with Gasteiger partial charge in [-0.25, -0.2) is 0 Å². The van der Waals surface area contributed by atoms with Crippen LogP contribution in [0.1, 0.15) is 5.56 Å². The van der Waals surface area contributed by atoms with Crippen LogP contribution >= 0.6 is 0 Å². The van der Waals surface area contributed by atoms with Gasteiger partial charge in [-0.15, -0.1) is 0 Å². The van der Waals surface area contributed by atoms with E-state index < -0.39 is 10.2 Å². The predicted octanol–water partition coefficient (Wildman–Crippen LogP) is -0.0560. The Kier molecular flexibility index (Phi) is 4.81. The number of anilines is 1. The third-order valence-electron chi connectivity index (χ3n) is 3.06. The maximum absolute atomic E-state index is 12.1. The van der Waals surface area contributed by atoms with E-state index in [2.05, 4.69) is 4.72 Å². The SMILES string of the molecule is COc1ccc(CNS(=O)(=O)N2CCOCC2)cc1N. The molecule has 112 valence electrons. The van der Waals surface area contributed by atoms with Crippen LogP contribution in [0.2, 0.25) is 0 Å². The second-order valence-corrected chi connectivity index (χ2v) is 6.17. The molecule has 0 unspecified atom stereocenters. The highest BCUT2D eigenvalue weighted by Crippen LogP contribution is 2.21. The molecule has 0 amide bonds. The fourth-order valence-corrected chi connectivity index (χ4v) is 3.11. The highest BCUT2D eigenvalue weighted by molar-refractivity contribution is 7.87. The minimum Gasteiger partial charge on any atom is -0.495 e. The van der Waals surface area contributed by atoms with Crippen molar-refractivity contribution in [3.8, 4) is 5.75 Å². The fraction of sp³-hybridized carbons (Fsp3) is 0.500. The zero-order valence-corrected chi connectivity index (χ0v) is 12.1. The number of hydrogen-bond donors (Lipinski definition) is 2. The zero-order valence-electron chi connectivity index (χ0n) is 11.3. The van der Waals surface area contributed by atoms with E-state index in [0.717, 1.165) is 5.56 Å². The van der Waals surface area contributed by atoms with Gasteiger partial charge in [-0.2, -0.15) is 17.4 Å². The first-order chi connectivity index (χ1) is 9.53. The van der Waals surface area contributed by atoms with E-state index in [1.807, 2.05) is 0 Å². The van der Waals surface area contributed by atoms with Crippen molar-refractivity contribution in [3.05, 3.63) is 23.8 Å². The molecule has 0 atom stereocenters. The molecular formula is C12H19N3O4S. The van der Waals surface area contributed by atoms with Gasteiger partial charge < -0.3 is 15.2 Å². The Morgan fingerprint density at radius 1 is 1.40 bits per heavy atom. The summed E-state index contributed by atoms with van der Waals surface area (Å²) in [6.07, 6.45) is 0. The van der Waals surface area contributed by atoms with Gasteiger partial charge in [0.25, 0.3) is 10.2 Å². The summed E-state index contributed by atoms with van der Waals surface area (Å²) in [5.74, 6) is 0.574. The van der Waals surface area contributed by atoms with Crippen LogP contribution in [-0.4, -0.2) is 46.1 Å². The lowest BCUT2D eigenvalue weighted by Gasteiger charge is -2.26. The normalized spacial score (nSPS) is 17.1. The van der Waals surface area contributed by atoms with Crippen LogP contribution in [0, 0.1) is 0 Å². The largest absolute Gasteiger partial charge is 0.495 e. The van der Waals surface area contributed by atoms with Crippen molar-refractivity contribution in [2.75, 3.05) is 39.1 Å². The molecule has 20 heavy (non-hydrogen) atoms. The van der Waals surface area contributed by atoms with E-state index in [1.165, 1.54) is 11.4 Å². The van der Waals surface area contributed by atoms with Gasteiger partial charge >= 0.3 is 0 Å². The Bertz CT molecular complexity index is 556. The molecule has 0 aromatic heterocycles. The molecule has 1 aliphatic rings. The molecule has 1 saturated heterocycles. The fourth-order valence-electron chi connectivity index (χ4n) is 1.95. The summed E-state index contributed by atoms with van der Waals surface area (Å²) < 4.78 is 38.3. The Morgan fingerprint density at radius 3 is 2.70 bits per heavy atom. The van der Waals surface area contributed by atoms with Crippen LogP contribution in [0.3, 0.4) is 0 Å². The molecule has 1 heterocycles. The summed E-state index contributed by atoms with van der Waals surface area (Å²) in [4.78, 5) is 0. The van der Waals surface area contributed by atoms with Gasteiger partial charge in [0.05, 0.1) is 26.0 Å². The monoisotopic (exact) mass is 301 g/mol. The highest BCUT2D eigenvalue weighted by atomic mass is 32.2. The predicted molar refractivity (Wildman–Crippen MR) is 75.6 cm³/mol. The molecule has 1 aliphatic heterocycles. The van der Waals surface area contributed by atoms with E-state index >= 15 is 0 Å². The summed E-state index contributed by atoms with van der Waals surface area (Å²) in [5, 5.41) is 0. The lowest BCUT2D eigenvalue weighted by Crippen LogP contribution is -2.46. The molecule has 1 fully saturated rings. The van der Waals surface area contributed by atoms with Crippen LogP contribution in [0.4, 0.5) is 5.69 Å². The number of hydrogen-bond acceptors (Lipinski definition) is 5. The lowest BCUT2D eigenvalue weighted by atomic mass is 10.2. The number of ether oxygens (including phenoxy) is 2. The molecule has 0 radical (unpaired) electrons. The summed E-state index contributed by atoms with van der Waals surface area (Å²) >= 11 is 0. The molecule has 1 aromatic carbocycles. The standard InChI is InChI=1S/C12H19N3O4S/c1-18-12-3-2-10(8-11(12)13)9-14-20(16,17)15-4-6-19-7-5-15/h2-3,8,14H,4-7,9,13H2,1H3. The number of morpholine rings is 1. The van der Waals surface area contributed by atoms with E-state index in [1.54, 1.807) is 18.2 Å². The Hall–Kier alpha value is -1.35. The van der Waals surface area contributed by atoms with Crippen molar-refractivity contribution in [3.63, 3.8) is 0 Å². The van der Waals surface area contributed by atoms with Gasteiger partial charge in [-0.05, 0) is 17.7 Å². The second-order valence-electron chi connectivity index (χ2n) is 4.41. The van der Waals surface area contributed by atoms with Crippen molar-refractivity contribution >= 4 is 15.9 Å². The number of methoxy groups -OCH3 is 1. The van der Waals surface area contributed by atoms with Crippen LogP contribution < -0.4 is 15.2 Å². The molecule has 0 aliphatic carbocycles. The van der Waals surface area contributed by atoms with Gasteiger partial charge in [0, 0.05) is 19.6 Å². The van der Waals surface area contributed by atoms with Crippen molar-refractivity contribution < 1.29 is 17.9 Å². The Balaban J connectivity index is 1.98. The van der Waals surface area contributed by atoms with E-state index in [0.29, 0.717) is 37.7 Å². The van der Waals surface area contributed by atoms with Gasteiger partial charge in [-0.1, -0.05) is 6.07 Å². The number of nitrogens with zero attached hydrogens (tertiary/aromatic N) is 1. The first-order valence-corrected chi connectivity index (χ1v) is 7.72. The topological polar surface area (TPSA) is 93.9 Å². The quantitative estimate of drug-likeness (QED) is 0.743. The minimum atomic E-state index is -3.48. The summed E-state index contributed by atoms with van der Waals surface area (Å²) in [6, 6.07) is 5.19. The van der Waals surface area contributed by atoms with Crippen LogP contribution in [0.5, 0.6) is 5.75 Å². The molecule has 1 aromatic rings. The maximum Gasteiger partial charge on any atom is 0.279 e. The number of rotatable bonds is 5. The minimum absolute atomic E-state index is 0.188. The first-order valence-electron chi connectivity index (χ1n) is 6.28. The first kappa shape index (κ1) is 15.0. The summed E-state index contributed by atoms with van der Waals surface area (Å²) in [5.41, 5.74) is 7.04. The molecule has 2 rings (SSSR count). The molecule has 0 saturated carbocycles. The molecule has 0 bridgehead atoms. The van der Waals surface area contributed by atoms with Gasteiger partial charge in [0.2, 0.25) is 0 Å². The maximum atomic E-state index is 12.1. The zero-order chi connectivity index (χ0) is 14.6. The third kappa shape index (κ3) is 3.60. The van der Waals surface area contributed by atoms with E-state index in [4.69, 9.17) is 15.2 Å². The molecule has 8 heteroatoms. The van der Waals surface area contributed by atoms with Crippen molar-refractivity contribution in [2.45, 2.75) is 6.54 Å². The highest BCUT2D eigenvalue weighted by Gasteiger charge is 2.23. The lowest BCUT2D eigenvalue weighted by molar-refractivity contribution is 0.0725. The van der Waals surface area contributed by atoms with Gasteiger partial charge in [0.1, 0.15) is 5.75 Å². The van der Waals surface area contributed by atoms with Crippen molar-refractivity contribution in [1.29, 1.82) is 0 Å². The number of nitrogen functional groups attached to an aromatic ring is 1. The van der Waals surface area contributed by atoms with Crippen LogP contribution in [0.25, 0.3) is 0 Å². The van der Waals surface area contributed by atoms with E-state index in [9.17, 15) is 8.42 Å². The Morgan fingerprint density at radius 2 is 2.10 bits per heavy atom. The van der Waals surface area contributed by atoms with Crippen molar-refractivity contribution in [2.24, 2.45) is 0 Å². The molecule has 3 N–H and O–H groups in total.